The maximum absolute atomic E-state index is 13.5. The maximum atomic E-state index is 13.5. The standard InChI is InChI=1S/C24H25F3N4/c1-28-15-18-10-9-17(14-21(18)24(25,26)27)16-30(2)12-13-31-22-8-4-3-6-19(22)20-7-5-11-29-23(20)31/h3-11,14,28H,12-13,15-16H2,1-2H3. The van der Waals surface area contributed by atoms with E-state index in [0.29, 0.717) is 25.2 Å². The number of hydrogen-bond donors (Lipinski definition) is 1. The summed E-state index contributed by atoms with van der Waals surface area (Å²) in [5.74, 6) is 0. The van der Waals surface area contributed by atoms with E-state index in [4.69, 9.17) is 0 Å². The van der Waals surface area contributed by atoms with E-state index in [1.165, 1.54) is 6.07 Å². The largest absolute Gasteiger partial charge is 0.416 e. The van der Waals surface area contributed by atoms with Gasteiger partial charge in [0.15, 0.2) is 0 Å². The number of hydrogen-bond acceptors (Lipinski definition) is 3. The molecule has 2 aromatic carbocycles. The van der Waals surface area contributed by atoms with Crippen molar-refractivity contribution in [2.45, 2.75) is 25.8 Å². The second-order valence-corrected chi connectivity index (χ2v) is 7.80. The molecule has 0 aliphatic heterocycles. The van der Waals surface area contributed by atoms with Crippen LogP contribution < -0.4 is 5.32 Å². The minimum Gasteiger partial charge on any atom is -0.324 e. The molecule has 4 rings (SSSR count). The zero-order valence-electron chi connectivity index (χ0n) is 17.6. The summed E-state index contributed by atoms with van der Waals surface area (Å²) in [6, 6.07) is 16.8. The van der Waals surface area contributed by atoms with E-state index in [1.54, 1.807) is 25.4 Å². The molecule has 0 fully saturated rings. The van der Waals surface area contributed by atoms with Gasteiger partial charge in [0.25, 0.3) is 0 Å². The number of fused-ring (bicyclic) bond motifs is 3. The molecule has 162 valence electrons. The number of para-hydroxylation sites is 1. The molecular weight excluding hydrogens is 401 g/mol. The second kappa shape index (κ2) is 8.69. The predicted molar refractivity (Wildman–Crippen MR) is 118 cm³/mol. The molecular formula is C24H25F3N4. The topological polar surface area (TPSA) is 33.1 Å². The van der Waals surface area contributed by atoms with E-state index < -0.39 is 11.7 Å². The van der Waals surface area contributed by atoms with Gasteiger partial charge < -0.3 is 14.8 Å². The monoisotopic (exact) mass is 426 g/mol. The van der Waals surface area contributed by atoms with Crippen molar-refractivity contribution in [2.24, 2.45) is 0 Å². The van der Waals surface area contributed by atoms with E-state index in [0.717, 1.165) is 21.9 Å². The summed E-state index contributed by atoms with van der Waals surface area (Å²) in [7, 11) is 3.57. The second-order valence-electron chi connectivity index (χ2n) is 7.80. The average Bonchev–Trinajstić information content (AvgIpc) is 3.07. The molecule has 0 aliphatic carbocycles. The van der Waals surface area contributed by atoms with Gasteiger partial charge in [0.2, 0.25) is 0 Å². The van der Waals surface area contributed by atoms with Crippen LogP contribution in [0.1, 0.15) is 16.7 Å². The summed E-state index contributed by atoms with van der Waals surface area (Å²) in [5.41, 5.74) is 2.38. The summed E-state index contributed by atoms with van der Waals surface area (Å²) in [5, 5.41) is 5.07. The Labute approximate surface area is 179 Å². The van der Waals surface area contributed by atoms with Crippen LogP contribution >= 0.6 is 0 Å². The number of alkyl halides is 3. The fourth-order valence-corrected chi connectivity index (χ4v) is 4.09. The molecule has 0 amide bonds. The first kappa shape index (κ1) is 21.3. The van der Waals surface area contributed by atoms with Crippen LogP contribution in [0.3, 0.4) is 0 Å². The molecule has 0 unspecified atom stereocenters. The highest BCUT2D eigenvalue weighted by Crippen LogP contribution is 2.33. The first-order valence-electron chi connectivity index (χ1n) is 10.2. The molecule has 4 nitrogen and oxygen atoms in total. The van der Waals surface area contributed by atoms with Crippen LogP contribution in [0.4, 0.5) is 13.2 Å². The van der Waals surface area contributed by atoms with Gasteiger partial charge in [-0.15, -0.1) is 0 Å². The number of nitrogens with zero attached hydrogens (tertiary/aromatic N) is 3. The molecule has 0 saturated carbocycles. The van der Waals surface area contributed by atoms with Crippen LogP contribution in [0.2, 0.25) is 0 Å². The quantitative estimate of drug-likeness (QED) is 0.448. The Hall–Kier alpha value is -2.90. The zero-order valence-corrected chi connectivity index (χ0v) is 17.6. The third kappa shape index (κ3) is 4.43. The smallest absolute Gasteiger partial charge is 0.324 e. The summed E-state index contributed by atoms with van der Waals surface area (Å²) in [6.45, 7) is 2.00. The lowest BCUT2D eigenvalue weighted by molar-refractivity contribution is -0.138. The highest BCUT2D eigenvalue weighted by atomic mass is 19.4. The summed E-state index contributed by atoms with van der Waals surface area (Å²) in [6.07, 6.45) is -2.58. The van der Waals surface area contributed by atoms with Gasteiger partial charge in [-0.1, -0.05) is 30.3 Å². The SMILES string of the molecule is CNCc1ccc(CN(C)CCn2c3ccccc3c3cccnc32)cc1C(F)(F)F. The van der Waals surface area contributed by atoms with Gasteiger partial charge in [0.1, 0.15) is 5.65 Å². The fourth-order valence-electron chi connectivity index (χ4n) is 4.09. The first-order valence-corrected chi connectivity index (χ1v) is 10.2. The number of halogens is 3. The van der Waals surface area contributed by atoms with Crippen molar-refractivity contribution in [3.05, 3.63) is 77.5 Å². The van der Waals surface area contributed by atoms with Crippen molar-refractivity contribution in [3.63, 3.8) is 0 Å². The lowest BCUT2D eigenvalue weighted by Crippen LogP contribution is -2.23. The van der Waals surface area contributed by atoms with Crippen molar-refractivity contribution in [3.8, 4) is 0 Å². The van der Waals surface area contributed by atoms with Gasteiger partial charge in [-0.25, -0.2) is 4.98 Å². The predicted octanol–water partition coefficient (Wildman–Crippen LogP) is 5.06. The molecule has 0 bridgehead atoms. The Morgan fingerprint density at radius 3 is 2.58 bits per heavy atom. The van der Waals surface area contributed by atoms with Crippen molar-refractivity contribution in [1.82, 2.24) is 19.8 Å². The number of aromatic nitrogens is 2. The molecule has 2 heterocycles. The van der Waals surface area contributed by atoms with E-state index >= 15 is 0 Å². The molecule has 0 atom stereocenters. The molecule has 0 aliphatic rings. The first-order chi connectivity index (χ1) is 14.9. The van der Waals surface area contributed by atoms with Gasteiger partial charge >= 0.3 is 6.18 Å². The molecule has 0 spiro atoms. The number of nitrogens with one attached hydrogen (secondary N) is 1. The minimum atomic E-state index is -4.37. The van der Waals surface area contributed by atoms with Gasteiger partial charge in [-0.3, -0.25) is 0 Å². The normalized spacial score (nSPS) is 12.3. The maximum Gasteiger partial charge on any atom is 0.416 e. The van der Waals surface area contributed by atoms with Gasteiger partial charge in [-0.05, 0) is 49.5 Å². The Morgan fingerprint density at radius 1 is 1.03 bits per heavy atom. The van der Waals surface area contributed by atoms with Crippen molar-refractivity contribution in [2.75, 3.05) is 20.6 Å². The van der Waals surface area contributed by atoms with Crippen LogP contribution in [0.25, 0.3) is 21.9 Å². The lowest BCUT2D eigenvalue weighted by Gasteiger charge is -2.20. The van der Waals surface area contributed by atoms with Crippen LogP contribution in [0, 0.1) is 0 Å². The fraction of sp³-hybridized carbons (Fsp3) is 0.292. The Morgan fingerprint density at radius 2 is 1.81 bits per heavy atom. The molecule has 7 heteroatoms. The van der Waals surface area contributed by atoms with Crippen molar-refractivity contribution >= 4 is 21.9 Å². The highest BCUT2D eigenvalue weighted by Gasteiger charge is 2.33. The van der Waals surface area contributed by atoms with E-state index in [9.17, 15) is 13.2 Å². The zero-order chi connectivity index (χ0) is 22.0. The van der Waals surface area contributed by atoms with Crippen molar-refractivity contribution in [1.29, 1.82) is 0 Å². The number of benzene rings is 2. The Bertz CT molecular complexity index is 1140. The summed E-state index contributed by atoms with van der Waals surface area (Å²) >= 11 is 0. The Kier molecular flexibility index (Phi) is 5.98. The summed E-state index contributed by atoms with van der Waals surface area (Å²) in [4.78, 5) is 6.60. The summed E-state index contributed by atoms with van der Waals surface area (Å²) < 4.78 is 42.6. The molecule has 2 aromatic heterocycles. The highest BCUT2D eigenvalue weighted by molar-refractivity contribution is 6.06. The molecule has 0 saturated heterocycles. The number of likely N-dealkylation sites (N-methyl/N-ethyl adjacent to an activating group) is 1. The molecule has 1 N–H and O–H groups in total. The van der Waals surface area contributed by atoms with Gasteiger partial charge in [-0.2, -0.15) is 13.2 Å². The van der Waals surface area contributed by atoms with Crippen LogP contribution in [0.5, 0.6) is 0 Å². The van der Waals surface area contributed by atoms with Crippen LogP contribution in [-0.4, -0.2) is 35.1 Å². The third-order valence-electron chi connectivity index (χ3n) is 5.53. The number of rotatable bonds is 7. The van der Waals surface area contributed by atoms with Crippen LogP contribution in [0.15, 0.2) is 60.8 Å². The molecule has 31 heavy (non-hydrogen) atoms. The van der Waals surface area contributed by atoms with E-state index in [1.807, 2.05) is 30.1 Å². The van der Waals surface area contributed by atoms with E-state index in [-0.39, 0.29) is 12.1 Å². The van der Waals surface area contributed by atoms with Gasteiger partial charge in [0.05, 0.1) is 11.1 Å². The van der Waals surface area contributed by atoms with E-state index in [2.05, 4.69) is 33.1 Å². The molecule has 0 radical (unpaired) electrons. The lowest BCUT2D eigenvalue weighted by atomic mass is 10.0. The average molecular weight is 426 g/mol. The minimum absolute atomic E-state index is 0.186. The van der Waals surface area contributed by atoms with Gasteiger partial charge in [0, 0.05) is 43.1 Å². The number of pyridine rings is 1. The van der Waals surface area contributed by atoms with Crippen molar-refractivity contribution < 1.29 is 13.2 Å². The molecule has 4 aromatic rings. The Balaban J connectivity index is 1.53. The third-order valence-corrected chi connectivity index (χ3v) is 5.53. The van der Waals surface area contributed by atoms with Crippen LogP contribution in [-0.2, 0) is 25.8 Å².